The molecule has 27 heavy (non-hydrogen) atoms. The molecule has 0 radical (unpaired) electrons. The van der Waals surface area contributed by atoms with Gasteiger partial charge in [0.25, 0.3) is 0 Å². The molecule has 1 aliphatic heterocycles. The van der Waals surface area contributed by atoms with E-state index in [1.807, 2.05) is 30.3 Å². The van der Waals surface area contributed by atoms with Crippen molar-refractivity contribution in [3.8, 4) is 0 Å². The van der Waals surface area contributed by atoms with Gasteiger partial charge in [0.1, 0.15) is 10.7 Å². The van der Waals surface area contributed by atoms with Crippen LogP contribution in [0.3, 0.4) is 0 Å². The third-order valence-corrected chi connectivity index (χ3v) is 6.76. The minimum atomic E-state index is -3.55. The highest BCUT2D eigenvalue weighted by molar-refractivity contribution is 7.89. The monoisotopic (exact) mass is 382 g/mol. The van der Waals surface area contributed by atoms with E-state index in [9.17, 15) is 8.42 Å². The molecule has 0 bridgehead atoms. The summed E-state index contributed by atoms with van der Waals surface area (Å²) >= 11 is 0. The van der Waals surface area contributed by atoms with E-state index in [0.29, 0.717) is 37.5 Å². The van der Waals surface area contributed by atoms with E-state index in [4.69, 9.17) is 0 Å². The highest BCUT2D eigenvalue weighted by Gasteiger charge is 2.32. The van der Waals surface area contributed by atoms with Crippen LogP contribution in [-0.2, 0) is 23.0 Å². The highest BCUT2D eigenvalue weighted by Crippen LogP contribution is 2.31. The van der Waals surface area contributed by atoms with Gasteiger partial charge in [-0.25, -0.2) is 13.4 Å². The van der Waals surface area contributed by atoms with Gasteiger partial charge in [0.2, 0.25) is 10.0 Å². The summed E-state index contributed by atoms with van der Waals surface area (Å²) in [5.41, 5.74) is 1.93. The zero-order chi connectivity index (χ0) is 18.7. The third-order valence-electron chi connectivity index (χ3n) is 4.81. The zero-order valence-electron chi connectivity index (χ0n) is 15.0. The molecular weight excluding hydrogens is 360 g/mol. The second-order valence-corrected chi connectivity index (χ2v) is 8.47. The molecule has 0 spiro atoms. The van der Waals surface area contributed by atoms with Crippen molar-refractivity contribution in [2.24, 2.45) is 0 Å². The number of fused-ring (bicyclic) bond motifs is 1. The largest absolute Gasteiger partial charge is 0.365 e. The Morgan fingerprint density at radius 1 is 1.00 bits per heavy atom. The van der Waals surface area contributed by atoms with Crippen LogP contribution < -0.4 is 4.90 Å². The highest BCUT2D eigenvalue weighted by atomic mass is 32.2. The Balaban J connectivity index is 1.63. The summed E-state index contributed by atoms with van der Waals surface area (Å²) in [4.78, 5) is 9.76. The van der Waals surface area contributed by atoms with Gasteiger partial charge in [-0.05, 0) is 17.7 Å². The number of aromatic nitrogens is 2. The van der Waals surface area contributed by atoms with Crippen molar-refractivity contribution in [3.63, 3.8) is 0 Å². The van der Waals surface area contributed by atoms with Crippen LogP contribution in [0.15, 0.2) is 71.9 Å². The standard InChI is InChI=1S/C20H22N4O2S/c25-27(26)19-9-5-4-8-18(19)23(16-17-6-2-1-3-7-17)14-15-24(27)13-10-20-21-11-12-22-20/h1-9,11-12H,10,13-16H2,(H,21,22). The fourth-order valence-electron chi connectivity index (χ4n) is 3.41. The quantitative estimate of drug-likeness (QED) is 0.737. The first-order chi connectivity index (χ1) is 13.1. The van der Waals surface area contributed by atoms with Crippen molar-refractivity contribution in [2.45, 2.75) is 17.9 Å². The van der Waals surface area contributed by atoms with Crippen molar-refractivity contribution < 1.29 is 8.42 Å². The maximum absolute atomic E-state index is 13.3. The molecule has 0 saturated heterocycles. The van der Waals surface area contributed by atoms with Gasteiger partial charge < -0.3 is 9.88 Å². The van der Waals surface area contributed by atoms with Gasteiger partial charge >= 0.3 is 0 Å². The number of rotatable bonds is 5. The summed E-state index contributed by atoms with van der Waals surface area (Å²) < 4.78 is 28.1. The topological polar surface area (TPSA) is 69.3 Å². The first-order valence-corrected chi connectivity index (χ1v) is 10.4. The molecule has 3 aromatic rings. The Hall–Kier alpha value is -2.64. The zero-order valence-corrected chi connectivity index (χ0v) is 15.8. The molecule has 0 aliphatic carbocycles. The lowest BCUT2D eigenvalue weighted by Crippen LogP contribution is -2.36. The van der Waals surface area contributed by atoms with Crippen LogP contribution in [0.4, 0.5) is 5.69 Å². The normalized spacial score (nSPS) is 16.7. The van der Waals surface area contributed by atoms with Gasteiger partial charge in [-0.3, -0.25) is 0 Å². The van der Waals surface area contributed by atoms with Gasteiger partial charge in [-0.1, -0.05) is 42.5 Å². The Morgan fingerprint density at radius 2 is 1.78 bits per heavy atom. The summed E-state index contributed by atoms with van der Waals surface area (Å²) in [6.45, 7) is 2.18. The molecule has 6 nitrogen and oxygen atoms in total. The van der Waals surface area contributed by atoms with Crippen LogP contribution >= 0.6 is 0 Å². The number of H-pyrrole nitrogens is 1. The number of aromatic amines is 1. The number of hydrogen-bond donors (Lipinski definition) is 1. The maximum Gasteiger partial charge on any atom is 0.245 e. The fourth-order valence-corrected chi connectivity index (χ4v) is 5.06. The Morgan fingerprint density at radius 3 is 2.56 bits per heavy atom. The number of para-hydroxylation sites is 1. The minimum Gasteiger partial charge on any atom is -0.365 e. The SMILES string of the molecule is O=S1(=O)c2ccccc2N(Cc2ccccc2)CCN1CCc1ncc[nH]1. The van der Waals surface area contributed by atoms with E-state index in [1.54, 1.807) is 28.8 Å². The number of nitrogens with zero attached hydrogens (tertiary/aromatic N) is 3. The average molecular weight is 382 g/mol. The molecule has 2 heterocycles. The smallest absolute Gasteiger partial charge is 0.245 e. The Labute approximate surface area is 159 Å². The van der Waals surface area contributed by atoms with Crippen LogP contribution in [-0.4, -0.2) is 42.3 Å². The number of imidazole rings is 1. The Bertz CT molecular complexity index is 988. The van der Waals surface area contributed by atoms with E-state index >= 15 is 0 Å². The molecule has 1 aliphatic rings. The number of sulfonamides is 1. The second-order valence-electron chi connectivity index (χ2n) is 6.56. The lowest BCUT2D eigenvalue weighted by atomic mass is 10.2. The lowest BCUT2D eigenvalue weighted by molar-refractivity contribution is 0.420. The van der Waals surface area contributed by atoms with Crippen molar-refractivity contribution in [3.05, 3.63) is 78.4 Å². The molecule has 4 rings (SSSR count). The van der Waals surface area contributed by atoms with Crippen LogP contribution in [0.2, 0.25) is 0 Å². The summed E-state index contributed by atoms with van der Waals surface area (Å²) in [7, 11) is -3.55. The number of benzene rings is 2. The molecule has 2 aromatic carbocycles. The van der Waals surface area contributed by atoms with Crippen molar-refractivity contribution in [1.82, 2.24) is 14.3 Å². The predicted octanol–water partition coefficient (Wildman–Crippen LogP) is 2.66. The van der Waals surface area contributed by atoms with Gasteiger partial charge in [-0.15, -0.1) is 0 Å². The number of anilines is 1. The van der Waals surface area contributed by atoms with Crippen LogP contribution in [0, 0.1) is 0 Å². The van der Waals surface area contributed by atoms with Gasteiger partial charge in [0.05, 0.1) is 5.69 Å². The molecule has 7 heteroatoms. The van der Waals surface area contributed by atoms with Crippen LogP contribution in [0.25, 0.3) is 0 Å². The molecular formula is C20H22N4O2S. The molecule has 0 amide bonds. The molecule has 0 fully saturated rings. The number of hydrogen-bond acceptors (Lipinski definition) is 4. The van der Waals surface area contributed by atoms with E-state index in [1.165, 1.54) is 0 Å². The molecule has 140 valence electrons. The predicted molar refractivity (Wildman–Crippen MR) is 105 cm³/mol. The Kier molecular flexibility index (Phi) is 4.96. The molecule has 0 saturated carbocycles. The van der Waals surface area contributed by atoms with Crippen molar-refractivity contribution in [1.29, 1.82) is 0 Å². The fraction of sp³-hybridized carbons (Fsp3) is 0.250. The van der Waals surface area contributed by atoms with E-state index in [2.05, 4.69) is 27.0 Å². The summed E-state index contributed by atoms with van der Waals surface area (Å²) in [6, 6.07) is 17.4. The molecule has 0 unspecified atom stereocenters. The molecule has 1 N–H and O–H groups in total. The van der Waals surface area contributed by atoms with Gasteiger partial charge in [-0.2, -0.15) is 4.31 Å². The maximum atomic E-state index is 13.3. The molecule has 0 atom stereocenters. The first-order valence-electron chi connectivity index (χ1n) is 9.01. The van der Waals surface area contributed by atoms with E-state index in [-0.39, 0.29) is 0 Å². The van der Waals surface area contributed by atoms with E-state index < -0.39 is 10.0 Å². The van der Waals surface area contributed by atoms with Crippen LogP contribution in [0.1, 0.15) is 11.4 Å². The lowest BCUT2D eigenvalue weighted by Gasteiger charge is -2.24. The van der Waals surface area contributed by atoms with Gasteiger partial charge in [0, 0.05) is 45.0 Å². The van der Waals surface area contributed by atoms with Crippen molar-refractivity contribution in [2.75, 3.05) is 24.5 Å². The minimum absolute atomic E-state index is 0.373. The van der Waals surface area contributed by atoms with Gasteiger partial charge in [0.15, 0.2) is 0 Å². The van der Waals surface area contributed by atoms with E-state index in [0.717, 1.165) is 17.1 Å². The first kappa shape index (κ1) is 17.8. The summed E-state index contributed by atoms with van der Waals surface area (Å²) in [6.07, 6.45) is 4.00. The summed E-state index contributed by atoms with van der Waals surface area (Å²) in [5, 5.41) is 0. The second kappa shape index (κ2) is 7.54. The summed E-state index contributed by atoms with van der Waals surface area (Å²) in [5.74, 6) is 0.795. The number of nitrogens with one attached hydrogen (secondary N) is 1. The molecule has 1 aromatic heterocycles. The third kappa shape index (κ3) is 3.74. The van der Waals surface area contributed by atoms with Crippen molar-refractivity contribution >= 4 is 15.7 Å². The van der Waals surface area contributed by atoms with Crippen LogP contribution in [0.5, 0.6) is 0 Å². The average Bonchev–Trinajstić information content (AvgIpc) is 3.18.